The molecule has 0 aliphatic carbocycles. The van der Waals surface area contributed by atoms with Crippen LogP contribution in [-0.2, 0) is 16.1 Å². The highest BCUT2D eigenvalue weighted by Crippen LogP contribution is 2.13. The van der Waals surface area contributed by atoms with Gasteiger partial charge in [-0.1, -0.05) is 12.1 Å². The third-order valence-corrected chi connectivity index (χ3v) is 3.11. The number of ether oxygens (including phenoxy) is 1. The summed E-state index contributed by atoms with van der Waals surface area (Å²) in [5, 5.41) is 5.73. The van der Waals surface area contributed by atoms with Crippen molar-refractivity contribution in [3.63, 3.8) is 0 Å². The van der Waals surface area contributed by atoms with Crippen molar-refractivity contribution in [3.05, 3.63) is 29.8 Å². The van der Waals surface area contributed by atoms with Crippen LogP contribution in [0, 0.1) is 0 Å². The lowest BCUT2D eigenvalue weighted by atomic mass is 10.2. The van der Waals surface area contributed by atoms with Gasteiger partial charge in [-0.2, -0.15) is 0 Å². The monoisotopic (exact) mass is 277 g/mol. The lowest BCUT2D eigenvalue weighted by molar-refractivity contribution is -0.128. The summed E-state index contributed by atoms with van der Waals surface area (Å²) in [6.07, 6.45) is 0. The summed E-state index contributed by atoms with van der Waals surface area (Å²) in [7, 11) is 1.64. The molecule has 0 aromatic heterocycles. The van der Waals surface area contributed by atoms with Crippen LogP contribution >= 0.6 is 0 Å². The maximum atomic E-state index is 12.1. The smallest absolute Gasteiger partial charge is 0.324 e. The number of nitrogens with one attached hydrogen (secondary N) is 2. The number of nitrogens with zero attached hydrogens (tertiary/aromatic N) is 1. The molecule has 1 atom stereocenters. The van der Waals surface area contributed by atoms with E-state index in [9.17, 15) is 9.59 Å². The predicted molar refractivity (Wildman–Crippen MR) is 75.4 cm³/mol. The molecule has 6 heteroatoms. The number of carbonyl (C=O) groups is 2. The van der Waals surface area contributed by atoms with Gasteiger partial charge in [-0.25, -0.2) is 4.79 Å². The highest BCUT2D eigenvalue weighted by Gasteiger charge is 2.29. The lowest BCUT2D eigenvalue weighted by Crippen LogP contribution is -2.43. The zero-order valence-corrected chi connectivity index (χ0v) is 11.7. The van der Waals surface area contributed by atoms with Crippen molar-refractivity contribution >= 4 is 17.6 Å². The molecule has 3 amide bonds. The third-order valence-electron chi connectivity index (χ3n) is 3.11. The number of urea groups is 1. The number of rotatable bonds is 5. The number of carbonyl (C=O) groups excluding carboxylic acids is 2. The minimum absolute atomic E-state index is 0.225. The van der Waals surface area contributed by atoms with Gasteiger partial charge >= 0.3 is 6.03 Å². The van der Waals surface area contributed by atoms with Crippen LogP contribution in [0.5, 0.6) is 0 Å². The fourth-order valence-corrected chi connectivity index (χ4v) is 2.14. The van der Waals surface area contributed by atoms with E-state index >= 15 is 0 Å². The second-order valence-electron chi connectivity index (χ2n) is 4.72. The van der Waals surface area contributed by atoms with E-state index in [4.69, 9.17) is 4.74 Å². The number of amides is 3. The Morgan fingerprint density at radius 3 is 3.00 bits per heavy atom. The van der Waals surface area contributed by atoms with Gasteiger partial charge in [-0.15, -0.1) is 0 Å². The van der Waals surface area contributed by atoms with Crippen LogP contribution in [0.2, 0.25) is 0 Å². The number of imide groups is 1. The Kier molecular flexibility index (Phi) is 4.57. The van der Waals surface area contributed by atoms with E-state index in [1.807, 2.05) is 24.3 Å². The van der Waals surface area contributed by atoms with Crippen molar-refractivity contribution in [2.24, 2.45) is 0 Å². The van der Waals surface area contributed by atoms with E-state index in [2.05, 4.69) is 10.6 Å². The number of anilines is 1. The fraction of sp³-hybridized carbons (Fsp3) is 0.429. The first kappa shape index (κ1) is 14.3. The quantitative estimate of drug-likeness (QED) is 0.848. The van der Waals surface area contributed by atoms with Crippen molar-refractivity contribution in [1.82, 2.24) is 10.2 Å². The standard InChI is InChI=1S/C14H19N3O3/c1-10(13(18)17-7-6-15-14(17)19)16-12-5-3-4-11(8-12)9-20-2/h3-5,8,10,16H,6-7,9H2,1-2H3,(H,15,19)/t10-/m1/s1. The molecule has 0 saturated carbocycles. The van der Waals surface area contributed by atoms with Gasteiger partial charge in [0.05, 0.1) is 6.61 Å². The largest absolute Gasteiger partial charge is 0.380 e. The van der Waals surface area contributed by atoms with Crippen LogP contribution in [-0.4, -0.2) is 43.1 Å². The Labute approximate surface area is 118 Å². The minimum atomic E-state index is -0.461. The van der Waals surface area contributed by atoms with E-state index in [1.54, 1.807) is 14.0 Å². The van der Waals surface area contributed by atoms with Gasteiger partial charge in [-0.05, 0) is 24.6 Å². The third kappa shape index (κ3) is 3.27. The molecule has 6 nitrogen and oxygen atoms in total. The zero-order valence-electron chi connectivity index (χ0n) is 11.7. The van der Waals surface area contributed by atoms with Crippen LogP contribution in [0.25, 0.3) is 0 Å². The summed E-state index contributed by atoms with van der Waals surface area (Å²) in [6, 6.07) is 6.88. The van der Waals surface area contributed by atoms with Crippen molar-refractivity contribution in [2.45, 2.75) is 19.6 Å². The van der Waals surface area contributed by atoms with E-state index < -0.39 is 6.04 Å². The maximum Gasteiger partial charge on any atom is 0.324 e. The van der Waals surface area contributed by atoms with E-state index in [1.165, 1.54) is 4.90 Å². The summed E-state index contributed by atoms with van der Waals surface area (Å²) < 4.78 is 5.07. The summed E-state index contributed by atoms with van der Waals surface area (Å²) in [5.74, 6) is -0.225. The molecule has 1 aliphatic rings. The average Bonchev–Trinajstić information content (AvgIpc) is 2.85. The average molecular weight is 277 g/mol. The normalized spacial score (nSPS) is 15.9. The Balaban J connectivity index is 2.00. The van der Waals surface area contributed by atoms with Crippen molar-refractivity contribution < 1.29 is 14.3 Å². The van der Waals surface area contributed by atoms with Crippen LogP contribution < -0.4 is 10.6 Å². The topological polar surface area (TPSA) is 70.7 Å². The van der Waals surface area contributed by atoms with E-state index in [0.29, 0.717) is 19.7 Å². The second kappa shape index (κ2) is 6.38. The minimum Gasteiger partial charge on any atom is -0.380 e. The number of benzene rings is 1. The molecule has 0 spiro atoms. The van der Waals surface area contributed by atoms with Gasteiger partial charge in [0.1, 0.15) is 6.04 Å². The Hall–Kier alpha value is -2.08. The number of methoxy groups -OCH3 is 1. The Bertz CT molecular complexity index is 504. The summed E-state index contributed by atoms with van der Waals surface area (Å²) in [6.45, 7) is 3.21. The number of hydrogen-bond donors (Lipinski definition) is 2. The molecular formula is C14H19N3O3. The zero-order chi connectivity index (χ0) is 14.5. The Morgan fingerprint density at radius 2 is 2.35 bits per heavy atom. The van der Waals surface area contributed by atoms with E-state index in [0.717, 1.165) is 11.3 Å². The molecule has 1 aromatic rings. The van der Waals surface area contributed by atoms with Crippen molar-refractivity contribution in [1.29, 1.82) is 0 Å². The molecule has 1 saturated heterocycles. The highest BCUT2D eigenvalue weighted by molar-refractivity contribution is 5.99. The second-order valence-corrected chi connectivity index (χ2v) is 4.72. The molecule has 1 aromatic carbocycles. The molecule has 20 heavy (non-hydrogen) atoms. The molecule has 2 N–H and O–H groups in total. The van der Waals surface area contributed by atoms with Gasteiger partial charge in [0, 0.05) is 25.9 Å². The molecule has 108 valence electrons. The van der Waals surface area contributed by atoms with Gasteiger partial charge in [0.25, 0.3) is 5.91 Å². The molecule has 2 rings (SSSR count). The highest BCUT2D eigenvalue weighted by atomic mass is 16.5. The first-order valence-electron chi connectivity index (χ1n) is 6.55. The Morgan fingerprint density at radius 1 is 1.55 bits per heavy atom. The van der Waals surface area contributed by atoms with Crippen LogP contribution in [0.4, 0.5) is 10.5 Å². The van der Waals surface area contributed by atoms with Crippen LogP contribution in [0.1, 0.15) is 12.5 Å². The molecule has 1 aliphatic heterocycles. The van der Waals surface area contributed by atoms with Gasteiger partial charge < -0.3 is 15.4 Å². The summed E-state index contributed by atoms with van der Waals surface area (Å²) in [4.78, 5) is 24.8. The molecule has 0 bridgehead atoms. The van der Waals surface area contributed by atoms with E-state index in [-0.39, 0.29) is 11.9 Å². The van der Waals surface area contributed by atoms with Gasteiger partial charge in [0.2, 0.25) is 0 Å². The summed E-state index contributed by atoms with van der Waals surface area (Å²) in [5.41, 5.74) is 1.86. The predicted octanol–water partition coefficient (Wildman–Crippen LogP) is 1.19. The summed E-state index contributed by atoms with van der Waals surface area (Å²) >= 11 is 0. The molecule has 0 unspecified atom stereocenters. The molecule has 1 fully saturated rings. The molecule has 0 radical (unpaired) electrons. The fourth-order valence-electron chi connectivity index (χ4n) is 2.14. The van der Waals surface area contributed by atoms with Crippen molar-refractivity contribution in [2.75, 3.05) is 25.5 Å². The van der Waals surface area contributed by atoms with Crippen LogP contribution in [0.3, 0.4) is 0 Å². The number of hydrogen-bond acceptors (Lipinski definition) is 4. The maximum absolute atomic E-state index is 12.1. The molecule has 1 heterocycles. The van der Waals surface area contributed by atoms with Gasteiger partial charge in [0.15, 0.2) is 0 Å². The van der Waals surface area contributed by atoms with Gasteiger partial charge in [-0.3, -0.25) is 9.69 Å². The SMILES string of the molecule is COCc1cccc(N[C@H](C)C(=O)N2CCNC2=O)c1. The first-order chi connectivity index (χ1) is 9.61. The van der Waals surface area contributed by atoms with Crippen molar-refractivity contribution in [3.8, 4) is 0 Å². The molecular weight excluding hydrogens is 258 g/mol. The van der Waals surface area contributed by atoms with Crippen LogP contribution in [0.15, 0.2) is 24.3 Å². The first-order valence-corrected chi connectivity index (χ1v) is 6.55. The lowest BCUT2D eigenvalue weighted by Gasteiger charge is -2.20.